The predicted octanol–water partition coefficient (Wildman–Crippen LogP) is 5.64. The van der Waals surface area contributed by atoms with Crippen LogP contribution in [0.15, 0.2) is 83.1 Å². The van der Waals surface area contributed by atoms with Crippen molar-refractivity contribution in [3.8, 4) is 16.5 Å². The van der Waals surface area contributed by atoms with E-state index in [0.717, 1.165) is 29.5 Å². The molecule has 0 spiro atoms. The van der Waals surface area contributed by atoms with Gasteiger partial charge in [0.2, 0.25) is 17.7 Å². The standard InChI is InChI=1S/C41H45FN6O8S2/c1-40(2,3)56-39(52)45-31-18-8-6-4-5-7-13-25-23-41(25,38(51)47-58(53,54)28-15-11-14-26(42)21-28)46-35(49)32-22-27(24-48(32)37(31)50)55-36-34(33-19-12-20-57-33)43-29-16-9-10-17-30(29)44-36/h7,9-17,19-21,25,27,31-32H,4-6,8,18,22-24H2,1-3H3,(H,45,52)(H,46,49)(H,47,51)/b13-7-/t25?,27-,31+,32+,41-/m1/s1. The van der Waals surface area contributed by atoms with E-state index in [9.17, 15) is 32.0 Å². The summed E-state index contributed by atoms with van der Waals surface area (Å²) in [7, 11) is -4.53. The van der Waals surface area contributed by atoms with Gasteiger partial charge in [-0.05, 0) is 88.2 Å². The molecular formula is C41H45FN6O8S2. The van der Waals surface area contributed by atoms with Crippen LogP contribution >= 0.6 is 11.3 Å². The van der Waals surface area contributed by atoms with Crippen molar-refractivity contribution in [1.29, 1.82) is 0 Å². The molecular weight excluding hydrogens is 788 g/mol. The van der Waals surface area contributed by atoms with E-state index >= 15 is 0 Å². The van der Waals surface area contributed by atoms with Gasteiger partial charge in [-0.15, -0.1) is 11.3 Å². The van der Waals surface area contributed by atoms with Crippen molar-refractivity contribution in [2.24, 2.45) is 5.92 Å². The number of nitrogens with one attached hydrogen (secondary N) is 3. The second kappa shape index (κ2) is 16.4. The third-order valence-electron chi connectivity index (χ3n) is 10.2. The maximum atomic E-state index is 14.6. The van der Waals surface area contributed by atoms with Gasteiger partial charge in [-0.1, -0.05) is 49.3 Å². The smallest absolute Gasteiger partial charge is 0.408 e. The average Bonchev–Trinajstić information content (AvgIpc) is 3.46. The van der Waals surface area contributed by atoms with Gasteiger partial charge in [0.15, 0.2) is 0 Å². The van der Waals surface area contributed by atoms with E-state index in [1.807, 2.05) is 46.5 Å². The fourth-order valence-electron chi connectivity index (χ4n) is 7.32. The summed E-state index contributed by atoms with van der Waals surface area (Å²) in [6.45, 7) is 5.05. The lowest BCUT2D eigenvalue weighted by molar-refractivity contribution is -0.141. The summed E-state index contributed by atoms with van der Waals surface area (Å²) in [6, 6.07) is 13.1. The number of benzene rings is 2. The molecule has 17 heteroatoms. The summed E-state index contributed by atoms with van der Waals surface area (Å²) in [6.07, 6.45) is 5.06. The number of para-hydroxylation sites is 2. The highest BCUT2D eigenvalue weighted by molar-refractivity contribution is 7.90. The number of allylic oxidation sites excluding steroid dienone is 1. The number of amides is 4. The van der Waals surface area contributed by atoms with Gasteiger partial charge in [0.1, 0.15) is 40.8 Å². The Hall–Kier alpha value is -5.42. The Balaban J connectivity index is 1.22. The molecule has 306 valence electrons. The van der Waals surface area contributed by atoms with Crippen molar-refractivity contribution in [3.63, 3.8) is 0 Å². The second-order valence-corrected chi connectivity index (χ2v) is 18.4. The molecule has 4 amide bonds. The third-order valence-corrected chi connectivity index (χ3v) is 12.4. The summed E-state index contributed by atoms with van der Waals surface area (Å²) in [5, 5.41) is 7.44. The Morgan fingerprint density at radius 2 is 1.79 bits per heavy atom. The first-order valence-corrected chi connectivity index (χ1v) is 21.6. The van der Waals surface area contributed by atoms with Gasteiger partial charge in [0.05, 0.1) is 27.4 Å². The molecule has 14 nitrogen and oxygen atoms in total. The third kappa shape index (κ3) is 9.15. The molecule has 1 saturated heterocycles. The number of sulfonamides is 1. The molecule has 2 fully saturated rings. The molecule has 7 rings (SSSR count). The Labute approximate surface area is 339 Å². The van der Waals surface area contributed by atoms with Gasteiger partial charge in [-0.25, -0.2) is 32.3 Å². The molecule has 1 saturated carbocycles. The number of halogens is 1. The number of carbonyl (C=O) groups is 4. The first-order valence-electron chi connectivity index (χ1n) is 19.2. The van der Waals surface area contributed by atoms with Crippen LogP contribution in [0.3, 0.4) is 0 Å². The highest BCUT2D eigenvalue weighted by atomic mass is 32.2. The summed E-state index contributed by atoms with van der Waals surface area (Å²) < 4.78 is 54.6. The molecule has 1 aliphatic carbocycles. The minimum Gasteiger partial charge on any atom is -0.471 e. The van der Waals surface area contributed by atoms with Crippen LogP contribution in [0.5, 0.6) is 5.88 Å². The lowest BCUT2D eigenvalue weighted by Crippen LogP contribution is -2.58. The van der Waals surface area contributed by atoms with Crippen molar-refractivity contribution >= 4 is 56.2 Å². The van der Waals surface area contributed by atoms with Crippen molar-refractivity contribution < 1.29 is 41.5 Å². The zero-order chi connectivity index (χ0) is 41.2. The molecule has 4 aromatic rings. The Morgan fingerprint density at radius 1 is 1.02 bits per heavy atom. The molecule has 2 aliphatic heterocycles. The molecule has 58 heavy (non-hydrogen) atoms. The first kappa shape index (κ1) is 40.8. The van der Waals surface area contributed by atoms with E-state index in [2.05, 4.69) is 10.6 Å². The van der Waals surface area contributed by atoms with Crippen molar-refractivity contribution in [1.82, 2.24) is 30.2 Å². The van der Waals surface area contributed by atoms with Crippen LogP contribution in [0, 0.1) is 11.7 Å². The zero-order valence-corrected chi connectivity index (χ0v) is 33.9. The van der Waals surface area contributed by atoms with E-state index in [0.29, 0.717) is 36.0 Å². The van der Waals surface area contributed by atoms with E-state index in [4.69, 9.17) is 19.4 Å². The van der Waals surface area contributed by atoms with Crippen molar-refractivity contribution in [3.05, 3.63) is 84.0 Å². The minimum absolute atomic E-state index is 0.0328. The van der Waals surface area contributed by atoms with Gasteiger partial charge in [-0.2, -0.15) is 0 Å². The number of nitrogens with zero attached hydrogens (tertiary/aromatic N) is 3. The molecule has 5 atom stereocenters. The largest absolute Gasteiger partial charge is 0.471 e. The molecule has 0 bridgehead atoms. The van der Waals surface area contributed by atoms with Crippen LogP contribution in [-0.4, -0.2) is 83.0 Å². The second-order valence-electron chi connectivity index (χ2n) is 15.8. The number of aromatic nitrogens is 2. The molecule has 2 aromatic carbocycles. The fraction of sp³-hybridized carbons (Fsp3) is 0.415. The molecule has 0 radical (unpaired) electrons. The van der Waals surface area contributed by atoms with Gasteiger partial charge in [0, 0.05) is 12.3 Å². The lowest BCUT2D eigenvalue weighted by atomic mass is 10.0. The number of rotatable bonds is 7. The Bertz CT molecular complexity index is 2350. The maximum absolute atomic E-state index is 14.6. The Morgan fingerprint density at radius 3 is 2.52 bits per heavy atom. The van der Waals surface area contributed by atoms with Gasteiger partial charge >= 0.3 is 6.09 Å². The van der Waals surface area contributed by atoms with Crippen LogP contribution in [-0.2, 0) is 29.1 Å². The van der Waals surface area contributed by atoms with Crippen LogP contribution in [0.4, 0.5) is 9.18 Å². The quantitative estimate of drug-likeness (QED) is 0.197. The number of ether oxygens (including phenoxy) is 2. The molecule has 3 N–H and O–H groups in total. The van der Waals surface area contributed by atoms with Crippen LogP contribution in [0.2, 0.25) is 0 Å². The monoisotopic (exact) mass is 832 g/mol. The molecule has 2 aromatic heterocycles. The predicted molar refractivity (Wildman–Crippen MR) is 213 cm³/mol. The Kier molecular flexibility index (Phi) is 11.6. The highest BCUT2D eigenvalue weighted by Gasteiger charge is 2.61. The summed E-state index contributed by atoms with van der Waals surface area (Å²) in [4.78, 5) is 67.5. The van der Waals surface area contributed by atoms with E-state index in [1.54, 1.807) is 32.9 Å². The number of fused-ring (bicyclic) bond motifs is 3. The van der Waals surface area contributed by atoms with Crippen LogP contribution in [0.1, 0.15) is 65.7 Å². The van der Waals surface area contributed by atoms with Crippen LogP contribution < -0.4 is 20.1 Å². The number of thiophene rings is 1. The first-order chi connectivity index (χ1) is 27.6. The molecule has 3 aliphatic rings. The zero-order valence-electron chi connectivity index (χ0n) is 32.3. The maximum Gasteiger partial charge on any atom is 0.408 e. The average molecular weight is 833 g/mol. The van der Waals surface area contributed by atoms with E-state index in [-0.39, 0.29) is 31.7 Å². The summed E-state index contributed by atoms with van der Waals surface area (Å²) in [5.74, 6) is -3.43. The number of hydrogen-bond acceptors (Lipinski definition) is 11. The summed E-state index contributed by atoms with van der Waals surface area (Å²) in [5.41, 5.74) is -0.811. The summed E-state index contributed by atoms with van der Waals surface area (Å²) >= 11 is 1.45. The molecule has 4 heterocycles. The number of alkyl carbamates (subject to hydrolysis) is 1. The highest BCUT2D eigenvalue weighted by Crippen LogP contribution is 2.46. The van der Waals surface area contributed by atoms with Crippen molar-refractivity contribution in [2.75, 3.05) is 6.54 Å². The topological polar surface area (TPSA) is 186 Å². The molecule has 1 unspecified atom stereocenters. The van der Waals surface area contributed by atoms with Gasteiger partial charge in [0.25, 0.3) is 15.9 Å². The van der Waals surface area contributed by atoms with Crippen molar-refractivity contribution in [2.45, 2.75) is 99.9 Å². The SMILES string of the molecule is CC(C)(C)OC(=O)N[C@H]1CCCCC/C=C\C2C[C@@]2(C(=O)NS(=O)(=O)c2cccc(F)c2)NC(=O)[C@@H]2C[C@@H](Oc3nc4ccccc4nc3-c3cccs3)CN2C1=O. The fourth-order valence-corrected chi connectivity index (χ4v) is 9.09. The normalized spacial score (nSPS) is 24.7. The van der Waals surface area contributed by atoms with Gasteiger partial charge < -0.3 is 25.0 Å². The lowest BCUT2D eigenvalue weighted by Gasteiger charge is -2.30. The van der Waals surface area contributed by atoms with E-state index in [1.165, 1.54) is 22.3 Å². The van der Waals surface area contributed by atoms with Gasteiger partial charge in [-0.3, -0.25) is 14.4 Å². The number of carbonyl (C=O) groups excluding carboxylic acids is 4. The van der Waals surface area contributed by atoms with E-state index < -0.39 is 79.8 Å². The number of hydrogen-bond donors (Lipinski definition) is 3. The van der Waals surface area contributed by atoms with Crippen LogP contribution in [0.25, 0.3) is 21.6 Å². The minimum atomic E-state index is -4.53.